The molecule has 34 heavy (non-hydrogen) atoms. The van der Waals surface area contributed by atoms with Crippen LogP contribution in [0, 0.1) is 5.82 Å². The SMILES string of the molecule is COc1cccc(Nc2ncc3c(n2)Cc2cc(C(=O)O)cc(-c4ccccc4F)c2C=N3)c1. The molecule has 4 aromatic rings. The Balaban J connectivity index is 1.57. The first-order chi connectivity index (χ1) is 16.5. The second-order valence-electron chi connectivity index (χ2n) is 7.70. The minimum atomic E-state index is -1.09. The van der Waals surface area contributed by atoms with Gasteiger partial charge in [-0.25, -0.2) is 19.2 Å². The summed E-state index contributed by atoms with van der Waals surface area (Å²) in [5.41, 5.74) is 4.12. The van der Waals surface area contributed by atoms with Gasteiger partial charge in [0, 0.05) is 35.5 Å². The highest BCUT2D eigenvalue weighted by Crippen LogP contribution is 2.34. The van der Waals surface area contributed by atoms with Gasteiger partial charge in [-0.1, -0.05) is 24.3 Å². The summed E-state index contributed by atoms with van der Waals surface area (Å²) in [7, 11) is 1.59. The predicted octanol–water partition coefficient (Wildman–Crippen LogP) is 5.39. The van der Waals surface area contributed by atoms with Crippen LogP contribution in [0.4, 0.5) is 21.7 Å². The number of anilines is 2. The lowest BCUT2D eigenvalue weighted by atomic mass is 9.91. The fourth-order valence-corrected chi connectivity index (χ4v) is 3.89. The third-order valence-corrected chi connectivity index (χ3v) is 5.54. The highest BCUT2D eigenvalue weighted by molar-refractivity contribution is 5.98. The third-order valence-electron chi connectivity index (χ3n) is 5.54. The second kappa shape index (κ2) is 8.74. The second-order valence-corrected chi connectivity index (χ2v) is 7.70. The molecule has 3 aromatic carbocycles. The number of carboxylic acid groups (broad SMARTS) is 1. The first-order valence-electron chi connectivity index (χ1n) is 10.5. The number of aromatic nitrogens is 2. The number of methoxy groups -OCH3 is 1. The fourth-order valence-electron chi connectivity index (χ4n) is 3.89. The molecule has 2 heterocycles. The number of carboxylic acids is 1. The van der Waals surface area contributed by atoms with E-state index in [1.165, 1.54) is 12.1 Å². The number of hydrogen-bond acceptors (Lipinski definition) is 6. The molecular weight excluding hydrogens is 435 g/mol. The number of nitrogens with zero attached hydrogens (tertiary/aromatic N) is 3. The molecule has 1 aliphatic heterocycles. The maximum absolute atomic E-state index is 14.6. The number of aromatic carboxylic acids is 1. The Morgan fingerprint density at radius 1 is 1.09 bits per heavy atom. The number of aliphatic imine (C=N–C) groups is 1. The first kappa shape index (κ1) is 21.3. The Hall–Kier alpha value is -4.59. The number of benzene rings is 3. The molecule has 0 fully saturated rings. The molecule has 0 atom stereocenters. The summed E-state index contributed by atoms with van der Waals surface area (Å²) < 4.78 is 19.9. The summed E-state index contributed by atoms with van der Waals surface area (Å²) in [4.78, 5) is 25.3. The van der Waals surface area contributed by atoms with Crippen molar-refractivity contribution in [3.8, 4) is 16.9 Å². The molecule has 0 radical (unpaired) electrons. The lowest BCUT2D eigenvalue weighted by Crippen LogP contribution is -2.05. The van der Waals surface area contributed by atoms with Gasteiger partial charge in [-0.3, -0.25) is 4.99 Å². The van der Waals surface area contributed by atoms with E-state index >= 15 is 0 Å². The Kier molecular flexibility index (Phi) is 5.47. The van der Waals surface area contributed by atoms with Gasteiger partial charge in [0.25, 0.3) is 0 Å². The van der Waals surface area contributed by atoms with Crippen LogP contribution in [0.3, 0.4) is 0 Å². The molecular formula is C26H19FN4O3. The lowest BCUT2D eigenvalue weighted by Gasteiger charge is -2.13. The molecule has 0 amide bonds. The van der Waals surface area contributed by atoms with Gasteiger partial charge in [0.15, 0.2) is 0 Å². The Labute approximate surface area is 194 Å². The topological polar surface area (TPSA) is 96.7 Å². The van der Waals surface area contributed by atoms with Gasteiger partial charge in [-0.05, 0) is 41.5 Å². The molecule has 8 heteroatoms. The molecule has 5 rings (SSSR count). The van der Waals surface area contributed by atoms with Crippen molar-refractivity contribution < 1.29 is 19.0 Å². The van der Waals surface area contributed by atoms with Crippen LogP contribution in [0.1, 0.15) is 27.2 Å². The van der Waals surface area contributed by atoms with Crippen LogP contribution in [-0.2, 0) is 6.42 Å². The van der Waals surface area contributed by atoms with Crippen molar-refractivity contribution in [2.45, 2.75) is 6.42 Å². The number of hydrogen-bond donors (Lipinski definition) is 2. The molecule has 2 N–H and O–H groups in total. The monoisotopic (exact) mass is 454 g/mol. The van der Waals surface area contributed by atoms with Gasteiger partial charge in [0.1, 0.15) is 17.3 Å². The zero-order valence-electron chi connectivity index (χ0n) is 18.1. The Morgan fingerprint density at radius 2 is 1.94 bits per heavy atom. The van der Waals surface area contributed by atoms with E-state index < -0.39 is 11.8 Å². The molecule has 0 bridgehead atoms. The van der Waals surface area contributed by atoms with Crippen LogP contribution in [-0.4, -0.2) is 34.4 Å². The van der Waals surface area contributed by atoms with Crippen molar-refractivity contribution in [2.75, 3.05) is 12.4 Å². The van der Waals surface area contributed by atoms with Crippen LogP contribution in [0.25, 0.3) is 11.1 Å². The molecule has 0 saturated carbocycles. The van der Waals surface area contributed by atoms with Crippen molar-refractivity contribution in [3.05, 3.63) is 95.1 Å². The van der Waals surface area contributed by atoms with E-state index in [2.05, 4.69) is 20.3 Å². The lowest BCUT2D eigenvalue weighted by molar-refractivity contribution is 0.0697. The minimum Gasteiger partial charge on any atom is -0.497 e. The fraction of sp³-hybridized carbons (Fsp3) is 0.0769. The summed E-state index contributed by atoms with van der Waals surface area (Å²) >= 11 is 0. The van der Waals surface area contributed by atoms with E-state index in [4.69, 9.17) is 4.74 Å². The van der Waals surface area contributed by atoms with Crippen molar-refractivity contribution in [3.63, 3.8) is 0 Å². The molecule has 7 nitrogen and oxygen atoms in total. The Morgan fingerprint density at radius 3 is 2.74 bits per heavy atom. The highest BCUT2D eigenvalue weighted by Gasteiger charge is 2.21. The normalized spacial score (nSPS) is 11.8. The van der Waals surface area contributed by atoms with Gasteiger partial charge in [0.05, 0.1) is 24.6 Å². The van der Waals surface area contributed by atoms with E-state index in [0.29, 0.717) is 51.8 Å². The largest absolute Gasteiger partial charge is 0.497 e. The standard InChI is InChI=1S/C26H19FN4O3/c1-34-18-6-4-5-17(12-18)30-26-29-14-24-23(31-26)11-15-9-16(25(32)33)10-20(21(15)13-28-24)19-7-2-3-8-22(19)27/h2-10,12-14H,11H2,1H3,(H,32,33)(H,29,30,31). The molecule has 168 valence electrons. The average molecular weight is 454 g/mol. The summed E-state index contributed by atoms with van der Waals surface area (Å²) in [6.07, 6.45) is 3.53. The quantitative estimate of drug-likeness (QED) is 0.370. The molecule has 0 unspecified atom stereocenters. The maximum atomic E-state index is 14.6. The molecule has 1 aliphatic rings. The average Bonchev–Trinajstić information content (AvgIpc) is 3.02. The van der Waals surface area contributed by atoms with Gasteiger partial charge in [-0.15, -0.1) is 0 Å². The van der Waals surface area contributed by atoms with Crippen LogP contribution in [0.5, 0.6) is 5.75 Å². The van der Waals surface area contributed by atoms with Gasteiger partial charge in [0.2, 0.25) is 5.95 Å². The minimum absolute atomic E-state index is 0.0673. The maximum Gasteiger partial charge on any atom is 0.335 e. The van der Waals surface area contributed by atoms with Crippen LogP contribution >= 0.6 is 0 Å². The van der Waals surface area contributed by atoms with Crippen LogP contribution < -0.4 is 10.1 Å². The number of carbonyl (C=O) groups is 1. The smallest absolute Gasteiger partial charge is 0.335 e. The van der Waals surface area contributed by atoms with Crippen molar-refractivity contribution in [1.29, 1.82) is 0 Å². The Bertz CT molecular complexity index is 1450. The summed E-state index contributed by atoms with van der Waals surface area (Å²) in [5, 5.41) is 12.8. The zero-order valence-corrected chi connectivity index (χ0v) is 18.1. The summed E-state index contributed by atoms with van der Waals surface area (Å²) in [5.74, 6) is -0.466. The van der Waals surface area contributed by atoms with Crippen molar-refractivity contribution in [2.24, 2.45) is 4.99 Å². The van der Waals surface area contributed by atoms with Gasteiger partial charge < -0.3 is 15.2 Å². The molecule has 0 aliphatic carbocycles. The number of nitrogens with one attached hydrogen (secondary N) is 1. The summed E-state index contributed by atoms with van der Waals surface area (Å²) in [6.45, 7) is 0. The van der Waals surface area contributed by atoms with Crippen molar-refractivity contribution >= 4 is 29.5 Å². The van der Waals surface area contributed by atoms with E-state index in [9.17, 15) is 14.3 Å². The molecule has 0 saturated heterocycles. The summed E-state index contributed by atoms with van der Waals surface area (Å²) in [6, 6.07) is 16.7. The highest BCUT2D eigenvalue weighted by atomic mass is 19.1. The van der Waals surface area contributed by atoms with E-state index in [1.807, 2.05) is 24.3 Å². The molecule has 1 aromatic heterocycles. The number of ether oxygens (including phenoxy) is 1. The van der Waals surface area contributed by atoms with Crippen LogP contribution in [0.15, 0.2) is 71.9 Å². The van der Waals surface area contributed by atoms with E-state index in [0.717, 1.165) is 5.69 Å². The molecule has 0 spiro atoms. The number of fused-ring (bicyclic) bond motifs is 2. The number of rotatable bonds is 5. The van der Waals surface area contributed by atoms with Crippen molar-refractivity contribution in [1.82, 2.24) is 9.97 Å². The van der Waals surface area contributed by atoms with E-state index in [1.54, 1.807) is 43.8 Å². The zero-order chi connectivity index (χ0) is 23.7. The predicted molar refractivity (Wildman–Crippen MR) is 127 cm³/mol. The van der Waals surface area contributed by atoms with Gasteiger partial charge >= 0.3 is 5.97 Å². The van der Waals surface area contributed by atoms with E-state index in [-0.39, 0.29) is 5.56 Å². The first-order valence-corrected chi connectivity index (χ1v) is 10.5. The van der Waals surface area contributed by atoms with Crippen LogP contribution in [0.2, 0.25) is 0 Å². The van der Waals surface area contributed by atoms with Gasteiger partial charge in [-0.2, -0.15) is 0 Å². The third kappa shape index (κ3) is 4.09. The number of halogens is 1.